The minimum atomic E-state index is -3.73. The van der Waals surface area contributed by atoms with Crippen molar-refractivity contribution in [1.29, 1.82) is 0 Å². The highest BCUT2D eigenvalue weighted by Gasteiger charge is 2.24. The molecular formula is C19H23ClN3O3S+. The first-order valence-electron chi connectivity index (χ1n) is 8.90. The minimum absolute atomic E-state index is 0.0558. The maximum Gasteiger partial charge on any atom is 0.261 e. The third kappa shape index (κ3) is 4.80. The van der Waals surface area contributed by atoms with E-state index < -0.39 is 10.0 Å². The topological polar surface area (TPSA) is 70.9 Å². The number of benzene rings is 2. The number of sulfonamides is 1. The lowest BCUT2D eigenvalue weighted by atomic mass is 10.2. The predicted molar refractivity (Wildman–Crippen MR) is 106 cm³/mol. The van der Waals surface area contributed by atoms with E-state index in [2.05, 4.69) is 11.6 Å². The van der Waals surface area contributed by atoms with Gasteiger partial charge in [-0.15, -0.1) is 0 Å². The summed E-state index contributed by atoms with van der Waals surface area (Å²) in [5, 5.41) is 0.530. The Hall–Kier alpha value is -2.09. The molecule has 1 aliphatic heterocycles. The van der Waals surface area contributed by atoms with Gasteiger partial charge in [0.05, 0.1) is 37.6 Å². The van der Waals surface area contributed by atoms with Crippen molar-refractivity contribution < 1.29 is 18.1 Å². The molecule has 0 saturated carbocycles. The number of hydrogen-bond donors (Lipinski definition) is 2. The third-order valence-corrected chi connectivity index (χ3v) is 6.41. The summed E-state index contributed by atoms with van der Waals surface area (Å²) in [7, 11) is -3.73. The molecule has 2 N–H and O–H groups in total. The average Bonchev–Trinajstić information content (AvgIpc) is 2.69. The van der Waals surface area contributed by atoms with E-state index in [-0.39, 0.29) is 10.8 Å². The summed E-state index contributed by atoms with van der Waals surface area (Å²) >= 11 is 5.81. The maximum absolute atomic E-state index is 12.6. The summed E-state index contributed by atoms with van der Waals surface area (Å²) in [5.74, 6) is -0.0558. The van der Waals surface area contributed by atoms with Crippen LogP contribution in [-0.2, 0) is 10.0 Å². The van der Waals surface area contributed by atoms with Gasteiger partial charge in [0.25, 0.3) is 15.9 Å². The monoisotopic (exact) mass is 408 g/mol. The molecule has 0 atom stereocenters. The second-order valence-electron chi connectivity index (χ2n) is 6.53. The molecule has 27 heavy (non-hydrogen) atoms. The normalized spacial score (nSPS) is 15.6. The van der Waals surface area contributed by atoms with Crippen molar-refractivity contribution in [3.8, 4) is 0 Å². The summed E-state index contributed by atoms with van der Waals surface area (Å²) in [5.41, 5.74) is 0.927. The van der Waals surface area contributed by atoms with E-state index in [0.717, 1.165) is 32.7 Å². The minimum Gasteiger partial charge on any atom is -0.332 e. The van der Waals surface area contributed by atoms with E-state index in [1.807, 2.05) is 4.90 Å². The number of carbonyl (C=O) groups is 1. The zero-order valence-electron chi connectivity index (χ0n) is 15.1. The van der Waals surface area contributed by atoms with Crippen LogP contribution >= 0.6 is 11.6 Å². The molecule has 6 nitrogen and oxygen atoms in total. The Morgan fingerprint density at radius 3 is 2.22 bits per heavy atom. The Kier molecular flexibility index (Phi) is 6.04. The fourth-order valence-electron chi connectivity index (χ4n) is 3.07. The van der Waals surface area contributed by atoms with Crippen LogP contribution in [0, 0.1) is 0 Å². The van der Waals surface area contributed by atoms with Gasteiger partial charge in [-0.05, 0) is 55.5 Å². The summed E-state index contributed by atoms with van der Waals surface area (Å²) in [4.78, 5) is 16.0. The molecule has 0 bridgehead atoms. The smallest absolute Gasteiger partial charge is 0.261 e. The van der Waals surface area contributed by atoms with E-state index in [0.29, 0.717) is 16.3 Å². The number of quaternary nitrogens is 1. The first kappa shape index (κ1) is 19.7. The molecule has 1 fully saturated rings. The molecular weight excluding hydrogens is 386 g/mol. The number of nitrogens with zero attached hydrogens (tertiary/aromatic N) is 1. The molecule has 2 aromatic carbocycles. The number of hydrogen-bond acceptors (Lipinski definition) is 3. The molecule has 0 spiro atoms. The van der Waals surface area contributed by atoms with Crippen LogP contribution in [0.4, 0.5) is 5.69 Å². The second kappa shape index (κ2) is 8.29. The molecule has 0 radical (unpaired) electrons. The van der Waals surface area contributed by atoms with Crippen molar-refractivity contribution in [3.05, 3.63) is 59.1 Å². The van der Waals surface area contributed by atoms with Gasteiger partial charge in [-0.3, -0.25) is 9.52 Å². The fraction of sp³-hybridized carbons (Fsp3) is 0.316. The molecule has 1 amide bonds. The average molecular weight is 409 g/mol. The Morgan fingerprint density at radius 2 is 1.67 bits per heavy atom. The lowest BCUT2D eigenvalue weighted by molar-refractivity contribution is -0.902. The molecule has 3 rings (SSSR count). The Bertz CT molecular complexity index is 891. The summed E-state index contributed by atoms with van der Waals surface area (Å²) in [6, 6.07) is 12.5. The van der Waals surface area contributed by atoms with Gasteiger partial charge in [-0.1, -0.05) is 11.6 Å². The van der Waals surface area contributed by atoms with Crippen LogP contribution in [-0.4, -0.2) is 51.9 Å². The van der Waals surface area contributed by atoms with Crippen molar-refractivity contribution in [3.63, 3.8) is 0 Å². The van der Waals surface area contributed by atoms with Crippen LogP contribution in [0.2, 0.25) is 5.02 Å². The van der Waals surface area contributed by atoms with E-state index in [9.17, 15) is 13.2 Å². The zero-order valence-corrected chi connectivity index (χ0v) is 16.7. The number of amides is 1. The molecule has 2 aromatic rings. The number of nitrogens with one attached hydrogen (secondary N) is 2. The standard InChI is InChI=1S/C19H22ClN3O3S/c1-2-22-11-13-23(14-12-22)19(24)15-3-9-18(10-4-15)27(25,26)21-17-7-5-16(20)6-8-17/h3-10,21H,2,11-14H2,1H3/p+1. The number of halogens is 1. The largest absolute Gasteiger partial charge is 0.332 e. The van der Waals surface area contributed by atoms with E-state index in [1.165, 1.54) is 17.0 Å². The van der Waals surface area contributed by atoms with Gasteiger partial charge < -0.3 is 9.80 Å². The van der Waals surface area contributed by atoms with E-state index >= 15 is 0 Å². The quantitative estimate of drug-likeness (QED) is 0.787. The SMILES string of the molecule is CC[NH+]1CCN(C(=O)c2ccc(S(=O)(=O)Nc3ccc(Cl)cc3)cc2)CC1. The molecule has 1 heterocycles. The van der Waals surface area contributed by atoms with Crippen molar-refractivity contribution in [2.24, 2.45) is 0 Å². The maximum atomic E-state index is 12.6. The Balaban J connectivity index is 1.69. The number of anilines is 1. The number of likely N-dealkylation sites (N-methyl/N-ethyl adjacent to an activating group) is 1. The number of piperazine rings is 1. The number of rotatable bonds is 5. The van der Waals surface area contributed by atoms with Crippen LogP contribution in [0.15, 0.2) is 53.4 Å². The highest BCUT2D eigenvalue weighted by Crippen LogP contribution is 2.19. The lowest BCUT2D eigenvalue weighted by Gasteiger charge is -2.31. The van der Waals surface area contributed by atoms with Crippen LogP contribution in [0.5, 0.6) is 0 Å². The highest BCUT2D eigenvalue weighted by molar-refractivity contribution is 7.92. The predicted octanol–water partition coefficient (Wildman–Crippen LogP) is 1.50. The number of carbonyl (C=O) groups excluding carboxylic acids is 1. The van der Waals surface area contributed by atoms with Gasteiger partial charge in [0.2, 0.25) is 0 Å². The summed E-state index contributed by atoms with van der Waals surface area (Å²) in [6.45, 7) is 6.54. The van der Waals surface area contributed by atoms with Crippen LogP contribution < -0.4 is 9.62 Å². The van der Waals surface area contributed by atoms with Crippen LogP contribution in [0.1, 0.15) is 17.3 Å². The molecule has 0 aromatic heterocycles. The van der Waals surface area contributed by atoms with Gasteiger partial charge in [0.1, 0.15) is 0 Å². The molecule has 144 valence electrons. The molecule has 0 unspecified atom stereocenters. The van der Waals surface area contributed by atoms with Crippen molar-refractivity contribution in [2.45, 2.75) is 11.8 Å². The first-order chi connectivity index (χ1) is 12.9. The third-order valence-electron chi connectivity index (χ3n) is 4.77. The van der Waals surface area contributed by atoms with Gasteiger partial charge in [-0.25, -0.2) is 8.42 Å². The van der Waals surface area contributed by atoms with E-state index in [1.54, 1.807) is 36.4 Å². The fourth-order valence-corrected chi connectivity index (χ4v) is 4.26. The van der Waals surface area contributed by atoms with Gasteiger partial charge in [0.15, 0.2) is 0 Å². The first-order valence-corrected chi connectivity index (χ1v) is 10.8. The zero-order chi connectivity index (χ0) is 19.4. The van der Waals surface area contributed by atoms with Crippen LogP contribution in [0.25, 0.3) is 0 Å². The summed E-state index contributed by atoms with van der Waals surface area (Å²) in [6.07, 6.45) is 0. The van der Waals surface area contributed by atoms with Crippen molar-refractivity contribution >= 4 is 33.2 Å². The highest BCUT2D eigenvalue weighted by atomic mass is 35.5. The van der Waals surface area contributed by atoms with Gasteiger partial charge >= 0.3 is 0 Å². The molecule has 0 aliphatic carbocycles. The Labute approximate surface area is 164 Å². The molecule has 1 saturated heterocycles. The Morgan fingerprint density at radius 1 is 1.07 bits per heavy atom. The summed E-state index contributed by atoms with van der Waals surface area (Å²) < 4.78 is 27.5. The van der Waals surface area contributed by atoms with Gasteiger partial charge in [-0.2, -0.15) is 0 Å². The molecule has 1 aliphatic rings. The van der Waals surface area contributed by atoms with Gasteiger partial charge in [0, 0.05) is 16.3 Å². The van der Waals surface area contributed by atoms with Crippen LogP contribution in [0.3, 0.4) is 0 Å². The second-order valence-corrected chi connectivity index (χ2v) is 8.65. The van der Waals surface area contributed by atoms with Crippen molar-refractivity contribution in [2.75, 3.05) is 37.4 Å². The lowest BCUT2D eigenvalue weighted by Crippen LogP contribution is -3.14. The molecule has 8 heteroatoms. The van der Waals surface area contributed by atoms with Crippen molar-refractivity contribution in [1.82, 2.24) is 4.90 Å². The van der Waals surface area contributed by atoms with E-state index in [4.69, 9.17) is 11.6 Å².